The molecule has 1 atom stereocenters. The van der Waals surface area contributed by atoms with Crippen LogP contribution in [0.3, 0.4) is 0 Å². The molecule has 0 spiro atoms. The predicted molar refractivity (Wildman–Crippen MR) is 114 cm³/mol. The van der Waals surface area contributed by atoms with Gasteiger partial charge in [-0.15, -0.1) is 0 Å². The first kappa shape index (κ1) is 19.4. The number of hydrogen-bond acceptors (Lipinski definition) is 3. The van der Waals surface area contributed by atoms with Crippen molar-refractivity contribution >= 4 is 16.7 Å². The zero-order valence-electron chi connectivity index (χ0n) is 17.3. The second kappa shape index (κ2) is 7.85. The quantitative estimate of drug-likeness (QED) is 0.685. The van der Waals surface area contributed by atoms with Gasteiger partial charge in [-0.1, -0.05) is 42.5 Å². The first-order valence-electron chi connectivity index (χ1n) is 10.4. The Balaban J connectivity index is 1.55. The van der Waals surface area contributed by atoms with Crippen LogP contribution in [0.25, 0.3) is 10.8 Å². The van der Waals surface area contributed by atoms with Crippen molar-refractivity contribution < 1.29 is 4.79 Å². The average Bonchev–Trinajstić information content (AvgIpc) is 3.03. The Kier molecular flexibility index (Phi) is 5.26. The molecule has 29 heavy (non-hydrogen) atoms. The molecule has 1 aliphatic rings. The molecule has 0 aliphatic carbocycles. The smallest absolute Gasteiger partial charge is 0.342 e. The molecule has 6 heteroatoms. The van der Waals surface area contributed by atoms with Crippen LogP contribution in [0.5, 0.6) is 0 Å². The molecule has 1 aromatic heterocycles. The van der Waals surface area contributed by atoms with Crippen LogP contribution in [0.15, 0.2) is 47.3 Å². The summed E-state index contributed by atoms with van der Waals surface area (Å²) in [4.78, 5) is 27.5. The van der Waals surface area contributed by atoms with E-state index in [4.69, 9.17) is 0 Å². The average molecular weight is 393 g/mol. The molecule has 0 radical (unpaired) electrons. The lowest BCUT2D eigenvalue weighted by atomic mass is 9.95. The second-order valence-corrected chi connectivity index (χ2v) is 8.22. The molecule has 2 heterocycles. The van der Waals surface area contributed by atoms with E-state index in [1.807, 2.05) is 43.0 Å². The van der Waals surface area contributed by atoms with Crippen LogP contribution in [0, 0.1) is 0 Å². The second-order valence-electron chi connectivity index (χ2n) is 8.22. The van der Waals surface area contributed by atoms with Crippen molar-refractivity contribution in [3.05, 3.63) is 64.3 Å². The molecule has 3 aromatic rings. The first-order chi connectivity index (χ1) is 14.0. The van der Waals surface area contributed by atoms with Gasteiger partial charge in [-0.3, -0.25) is 9.36 Å². The number of aryl methyl sites for hydroxylation is 1. The highest BCUT2D eigenvalue weighted by molar-refractivity contribution is 5.90. The van der Waals surface area contributed by atoms with Crippen LogP contribution in [0.1, 0.15) is 50.0 Å². The number of carbonyl (C=O) groups excluding carboxylic acids is 1. The Bertz CT molecular complexity index is 1090. The van der Waals surface area contributed by atoms with Crippen LogP contribution in [0.2, 0.25) is 0 Å². The van der Waals surface area contributed by atoms with Crippen LogP contribution >= 0.6 is 0 Å². The molecule has 1 amide bonds. The minimum Gasteiger partial charge on any atom is -0.342 e. The maximum Gasteiger partial charge on any atom is 0.345 e. The van der Waals surface area contributed by atoms with Gasteiger partial charge in [-0.25, -0.2) is 9.48 Å². The number of piperidine rings is 1. The summed E-state index contributed by atoms with van der Waals surface area (Å²) in [5.74, 6) is 1.03. The third kappa shape index (κ3) is 3.71. The number of carbonyl (C=O) groups is 1. The summed E-state index contributed by atoms with van der Waals surface area (Å²) in [6, 6.07) is 14.4. The number of fused-ring (bicyclic) bond motifs is 1. The number of likely N-dealkylation sites (tertiary alicyclic amines) is 1. The number of amides is 1. The Morgan fingerprint density at radius 1 is 1.17 bits per heavy atom. The summed E-state index contributed by atoms with van der Waals surface area (Å²) in [7, 11) is 1.69. The van der Waals surface area contributed by atoms with Gasteiger partial charge in [-0.2, -0.15) is 5.10 Å². The van der Waals surface area contributed by atoms with Crippen LogP contribution < -0.4 is 5.69 Å². The fourth-order valence-electron chi connectivity index (χ4n) is 4.40. The molecular weight excluding hydrogens is 364 g/mol. The molecule has 1 unspecified atom stereocenters. The van der Waals surface area contributed by atoms with Gasteiger partial charge >= 0.3 is 5.69 Å². The number of nitrogens with zero attached hydrogens (tertiary/aromatic N) is 4. The molecule has 1 fully saturated rings. The van der Waals surface area contributed by atoms with Gasteiger partial charge in [0.15, 0.2) is 0 Å². The summed E-state index contributed by atoms with van der Waals surface area (Å²) in [6.45, 7) is 5.38. The van der Waals surface area contributed by atoms with Gasteiger partial charge in [0.25, 0.3) is 0 Å². The van der Waals surface area contributed by atoms with E-state index < -0.39 is 0 Å². The first-order valence-corrected chi connectivity index (χ1v) is 10.4. The summed E-state index contributed by atoms with van der Waals surface area (Å²) in [5.41, 5.74) is 0.973. The molecular formula is C23H28N4O2. The van der Waals surface area contributed by atoms with Gasteiger partial charge in [0.2, 0.25) is 5.91 Å². The molecule has 6 nitrogen and oxygen atoms in total. The van der Waals surface area contributed by atoms with E-state index >= 15 is 0 Å². The Labute approximate surface area is 170 Å². The van der Waals surface area contributed by atoms with Gasteiger partial charge in [0, 0.05) is 32.1 Å². The van der Waals surface area contributed by atoms with E-state index in [0.29, 0.717) is 13.0 Å². The maximum atomic E-state index is 13.1. The number of benzene rings is 2. The third-order valence-electron chi connectivity index (χ3n) is 5.86. The lowest BCUT2D eigenvalue weighted by Gasteiger charge is -2.33. The summed E-state index contributed by atoms with van der Waals surface area (Å²) in [5, 5.41) is 6.79. The summed E-state index contributed by atoms with van der Waals surface area (Å²) >= 11 is 0. The normalized spacial score (nSPS) is 17.2. The zero-order valence-corrected chi connectivity index (χ0v) is 17.3. The summed E-state index contributed by atoms with van der Waals surface area (Å²) < 4.78 is 3.18. The zero-order chi connectivity index (χ0) is 20.5. The van der Waals surface area contributed by atoms with Crippen LogP contribution in [-0.4, -0.2) is 38.2 Å². The Hall–Kier alpha value is -2.89. The van der Waals surface area contributed by atoms with Crippen molar-refractivity contribution in [1.82, 2.24) is 19.2 Å². The highest BCUT2D eigenvalue weighted by Gasteiger charge is 2.30. The minimum atomic E-state index is -0.0887. The number of aromatic nitrogens is 3. The largest absolute Gasteiger partial charge is 0.345 e. The van der Waals surface area contributed by atoms with E-state index in [1.165, 1.54) is 4.68 Å². The third-order valence-corrected chi connectivity index (χ3v) is 5.86. The lowest BCUT2D eigenvalue weighted by Crippen LogP contribution is -2.41. The monoisotopic (exact) mass is 392 g/mol. The highest BCUT2D eigenvalue weighted by atomic mass is 16.2. The van der Waals surface area contributed by atoms with E-state index in [1.54, 1.807) is 11.6 Å². The Morgan fingerprint density at radius 3 is 2.72 bits per heavy atom. The van der Waals surface area contributed by atoms with E-state index in [-0.39, 0.29) is 23.6 Å². The molecule has 0 saturated carbocycles. The van der Waals surface area contributed by atoms with Crippen molar-refractivity contribution in [3.8, 4) is 0 Å². The van der Waals surface area contributed by atoms with Gasteiger partial charge in [0.05, 0.1) is 6.42 Å². The molecule has 4 rings (SSSR count). The molecule has 1 saturated heterocycles. The van der Waals surface area contributed by atoms with E-state index in [0.717, 1.165) is 41.5 Å². The molecule has 0 N–H and O–H groups in total. The predicted octanol–water partition coefficient (Wildman–Crippen LogP) is 3.26. The number of rotatable bonds is 4. The molecule has 1 aliphatic heterocycles. The van der Waals surface area contributed by atoms with Gasteiger partial charge < -0.3 is 4.90 Å². The van der Waals surface area contributed by atoms with Crippen molar-refractivity contribution in [3.63, 3.8) is 0 Å². The van der Waals surface area contributed by atoms with Crippen molar-refractivity contribution in [1.29, 1.82) is 0 Å². The van der Waals surface area contributed by atoms with Crippen molar-refractivity contribution in [2.45, 2.75) is 45.1 Å². The minimum absolute atomic E-state index is 0.0490. The van der Waals surface area contributed by atoms with Gasteiger partial charge in [0.1, 0.15) is 5.82 Å². The SMILES string of the molecule is CC(C)n1c(C2CCCN(C(=O)Cc3cccc4ccccc34)C2)nn(C)c1=O. The lowest BCUT2D eigenvalue weighted by molar-refractivity contribution is -0.131. The van der Waals surface area contributed by atoms with E-state index in [2.05, 4.69) is 23.3 Å². The fraction of sp³-hybridized carbons (Fsp3) is 0.435. The Morgan fingerprint density at radius 2 is 1.93 bits per heavy atom. The fourth-order valence-corrected chi connectivity index (χ4v) is 4.40. The molecule has 0 bridgehead atoms. The standard InChI is InChI=1S/C23H28N4O2/c1-16(2)27-22(24-25(3)23(27)29)19-11-7-13-26(15-19)21(28)14-18-10-6-9-17-8-4-5-12-20(17)18/h4-6,8-10,12,16,19H,7,11,13-15H2,1-3H3. The van der Waals surface area contributed by atoms with E-state index in [9.17, 15) is 9.59 Å². The number of hydrogen-bond donors (Lipinski definition) is 0. The molecule has 2 aromatic carbocycles. The van der Waals surface area contributed by atoms with Crippen LogP contribution in [-0.2, 0) is 18.3 Å². The van der Waals surface area contributed by atoms with Gasteiger partial charge in [-0.05, 0) is 43.0 Å². The highest BCUT2D eigenvalue weighted by Crippen LogP contribution is 2.27. The topological polar surface area (TPSA) is 60.1 Å². The van der Waals surface area contributed by atoms with Crippen molar-refractivity contribution in [2.24, 2.45) is 7.05 Å². The van der Waals surface area contributed by atoms with Crippen LogP contribution in [0.4, 0.5) is 0 Å². The maximum absolute atomic E-state index is 13.1. The van der Waals surface area contributed by atoms with Crippen molar-refractivity contribution in [2.75, 3.05) is 13.1 Å². The molecule has 152 valence electrons. The summed E-state index contributed by atoms with van der Waals surface area (Å²) in [6.07, 6.45) is 2.27.